The van der Waals surface area contributed by atoms with Crippen molar-refractivity contribution in [3.8, 4) is 0 Å². The van der Waals surface area contributed by atoms with E-state index in [9.17, 15) is 0 Å². The van der Waals surface area contributed by atoms with E-state index in [4.69, 9.17) is 0 Å². The van der Waals surface area contributed by atoms with E-state index in [1.807, 2.05) is 23.5 Å². The van der Waals surface area contributed by atoms with Crippen molar-refractivity contribution >= 4 is 28.3 Å². The van der Waals surface area contributed by atoms with Crippen LogP contribution >= 0.6 is 11.3 Å². The van der Waals surface area contributed by atoms with Gasteiger partial charge in [-0.2, -0.15) is 0 Å². The molecule has 0 spiro atoms. The highest BCUT2D eigenvalue weighted by Crippen LogP contribution is 2.30. The molecule has 5 rings (SSSR count). The molecule has 3 aromatic heterocycles. The summed E-state index contributed by atoms with van der Waals surface area (Å²) in [5.74, 6) is 0.835. The largest absolute Gasteiger partial charge is 0.368 e. The van der Waals surface area contributed by atoms with Crippen molar-refractivity contribution in [2.45, 2.75) is 19.0 Å². The molecule has 1 aliphatic rings. The molecule has 5 nitrogen and oxygen atoms in total. The summed E-state index contributed by atoms with van der Waals surface area (Å²) in [6, 6.07) is 17.2. The molecule has 0 saturated carbocycles. The fourth-order valence-electron chi connectivity index (χ4n) is 3.82. The van der Waals surface area contributed by atoms with Crippen molar-refractivity contribution in [2.75, 3.05) is 18.4 Å². The van der Waals surface area contributed by atoms with Crippen LogP contribution in [0.5, 0.6) is 0 Å². The Balaban J connectivity index is 1.39. The van der Waals surface area contributed by atoms with E-state index in [0.717, 1.165) is 37.4 Å². The number of fused-ring (bicyclic) bond motifs is 2. The fourth-order valence-corrected chi connectivity index (χ4v) is 4.71. The molecule has 6 heteroatoms. The third kappa shape index (κ3) is 3.48. The van der Waals surface area contributed by atoms with Crippen molar-refractivity contribution in [1.29, 1.82) is 0 Å². The summed E-state index contributed by atoms with van der Waals surface area (Å²) in [4.78, 5) is 17.3. The van der Waals surface area contributed by atoms with Gasteiger partial charge in [0.05, 0.1) is 6.04 Å². The van der Waals surface area contributed by atoms with Crippen LogP contribution < -0.4 is 5.32 Å². The van der Waals surface area contributed by atoms with Gasteiger partial charge in [0, 0.05) is 36.9 Å². The van der Waals surface area contributed by atoms with Gasteiger partial charge in [-0.1, -0.05) is 30.3 Å². The SMILES string of the molecule is c1ccc(C(CNc2ccc3nccnc3n2)N2CCc3sccc3C2)cc1. The number of nitrogens with zero attached hydrogens (tertiary/aromatic N) is 4. The number of thiophene rings is 1. The second kappa shape index (κ2) is 7.66. The van der Waals surface area contributed by atoms with Gasteiger partial charge in [-0.25, -0.2) is 9.97 Å². The zero-order valence-electron chi connectivity index (χ0n) is 15.5. The third-order valence-corrected chi connectivity index (χ3v) is 6.29. The quantitative estimate of drug-likeness (QED) is 0.553. The third-order valence-electron chi connectivity index (χ3n) is 5.27. The Kier molecular flexibility index (Phi) is 4.72. The maximum absolute atomic E-state index is 4.61. The summed E-state index contributed by atoms with van der Waals surface area (Å²) in [5, 5.41) is 5.74. The Morgan fingerprint density at radius 2 is 1.93 bits per heavy atom. The second-order valence-electron chi connectivity index (χ2n) is 6.99. The van der Waals surface area contributed by atoms with Gasteiger partial charge in [0.2, 0.25) is 0 Å². The van der Waals surface area contributed by atoms with E-state index in [1.54, 1.807) is 12.4 Å². The molecular weight excluding hydrogens is 366 g/mol. The number of benzene rings is 1. The summed E-state index contributed by atoms with van der Waals surface area (Å²) in [6.45, 7) is 2.87. The molecule has 0 radical (unpaired) electrons. The molecule has 140 valence electrons. The fraction of sp³-hybridized carbons (Fsp3) is 0.227. The lowest BCUT2D eigenvalue weighted by Crippen LogP contribution is -2.37. The van der Waals surface area contributed by atoms with Crippen molar-refractivity contribution in [1.82, 2.24) is 19.9 Å². The number of rotatable bonds is 5. The summed E-state index contributed by atoms with van der Waals surface area (Å²) in [6.07, 6.45) is 4.50. The molecule has 1 N–H and O–H groups in total. The molecule has 28 heavy (non-hydrogen) atoms. The maximum Gasteiger partial charge on any atom is 0.180 e. The molecule has 1 atom stereocenters. The van der Waals surface area contributed by atoms with Crippen molar-refractivity contribution in [2.24, 2.45) is 0 Å². The average molecular weight is 388 g/mol. The van der Waals surface area contributed by atoms with Crippen molar-refractivity contribution in [3.05, 3.63) is 82.3 Å². The normalized spacial score (nSPS) is 15.3. The molecule has 1 aromatic carbocycles. The van der Waals surface area contributed by atoms with E-state index in [1.165, 1.54) is 16.0 Å². The molecule has 0 saturated heterocycles. The van der Waals surface area contributed by atoms with Crippen LogP contribution in [0.25, 0.3) is 11.2 Å². The zero-order valence-corrected chi connectivity index (χ0v) is 16.3. The monoisotopic (exact) mass is 387 g/mol. The van der Waals surface area contributed by atoms with Gasteiger partial charge < -0.3 is 5.32 Å². The predicted molar refractivity (Wildman–Crippen MR) is 113 cm³/mol. The Hall–Kier alpha value is -2.83. The first-order valence-electron chi connectivity index (χ1n) is 9.53. The van der Waals surface area contributed by atoms with E-state index in [2.05, 4.69) is 66.9 Å². The zero-order chi connectivity index (χ0) is 18.8. The van der Waals surface area contributed by atoms with Crippen LogP contribution in [-0.4, -0.2) is 32.9 Å². The van der Waals surface area contributed by atoms with Crippen molar-refractivity contribution < 1.29 is 0 Å². The molecule has 0 aliphatic carbocycles. The van der Waals surface area contributed by atoms with Crippen LogP contribution in [0.1, 0.15) is 22.0 Å². The van der Waals surface area contributed by atoms with Gasteiger partial charge in [-0.05, 0) is 41.1 Å². The van der Waals surface area contributed by atoms with Crippen LogP contribution in [-0.2, 0) is 13.0 Å². The Labute approximate surface area is 168 Å². The van der Waals surface area contributed by atoms with Gasteiger partial charge in [0.1, 0.15) is 11.3 Å². The Bertz CT molecular complexity index is 1080. The van der Waals surface area contributed by atoms with E-state index in [0.29, 0.717) is 5.65 Å². The average Bonchev–Trinajstić information content (AvgIpc) is 3.23. The molecule has 0 amide bonds. The van der Waals surface area contributed by atoms with Crippen LogP contribution in [0.2, 0.25) is 0 Å². The molecule has 1 unspecified atom stereocenters. The first kappa shape index (κ1) is 17.3. The highest BCUT2D eigenvalue weighted by molar-refractivity contribution is 7.10. The molecule has 4 aromatic rings. The standard InChI is InChI=1S/C22H21N5S/c1-2-4-16(5-3-1)19(27-12-8-20-17(15-27)9-13-28-20)14-25-21-7-6-18-22(26-21)24-11-10-23-18/h1-7,9-11,13,19H,8,12,14-15H2,(H,24,25,26). The lowest BCUT2D eigenvalue weighted by atomic mass is 10.0. The molecular formula is C22H21N5S. The maximum atomic E-state index is 4.61. The summed E-state index contributed by atoms with van der Waals surface area (Å²) >= 11 is 1.88. The predicted octanol–water partition coefficient (Wildman–Crippen LogP) is 4.30. The van der Waals surface area contributed by atoms with Gasteiger partial charge in [0.15, 0.2) is 5.65 Å². The Morgan fingerprint density at radius 1 is 1.04 bits per heavy atom. The topological polar surface area (TPSA) is 53.9 Å². The highest BCUT2D eigenvalue weighted by atomic mass is 32.1. The summed E-state index contributed by atoms with van der Waals surface area (Å²) in [7, 11) is 0. The van der Waals surface area contributed by atoms with Crippen LogP contribution in [0.4, 0.5) is 5.82 Å². The van der Waals surface area contributed by atoms with Crippen LogP contribution in [0.15, 0.2) is 66.3 Å². The second-order valence-corrected chi connectivity index (χ2v) is 7.99. The van der Waals surface area contributed by atoms with Gasteiger partial charge in [0.25, 0.3) is 0 Å². The molecule has 0 bridgehead atoms. The number of aromatic nitrogens is 3. The van der Waals surface area contributed by atoms with Crippen LogP contribution in [0, 0.1) is 0 Å². The summed E-state index contributed by atoms with van der Waals surface area (Å²) < 4.78 is 0. The first-order valence-corrected chi connectivity index (χ1v) is 10.4. The van der Waals surface area contributed by atoms with Gasteiger partial charge in [-0.3, -0.25) is 9.88 Å². The number of hydrogen-bond acceptors (Lipinski definition) is 6. The number of anilines is 1. The highest BCUT2D eigenvalue weighted by Gasteiger charge is 2.25. The first-order chi connectivity index (χ1) is 13.9. The van der Waals surface area contributed by atoms with E-state index in [-0.39, 0.29) is 6.04 Å². The van der Waals surface area contributed by atoms with E-state index < -0.39 is 0 Å². The number of pyridine rings is 1. The lowest BCUT2D eigenvalue weighted by Gasteiger charge is -2.35. The van der Waals surface area contributed by atoms with E-state index >= 15 is 0 Å². The van der Waals surface area contributed by atoms with Crippen molar-refractivity contribution in [3.63, 3.8) is 0 Å². The smallest absolute Gasteiger partial charge is 0.180 e. The molecule has 0 fully saturated rings. The van der Waals surface area contributed by atoms with Gasteiger partial charge >= 0.3 is 0 Å². The summed E-state index contributed by atoms with van der Waals surface area (Å²) in [5.41, 5.74) is 4.28. The minimum Gasteiger partial charge on any atom is -0.368 e. The number of nitrogens with one attached hydrogen (secondary N) is 1. The Morgan fingerprint density at radius 3 is 2.86 bits per heavy atom. The lowest BCUT2D eigenvalue weighted by molar-refractivity contribution is 0.188. The van der Waals surface area contributed by atoms with Crippen LogP contribution in [0.3, 0.4) is 0 Å². The molecule has 4 heterocycles. The molecule has 1 aliphatic heterocycles. The number of hydrogen-bond donors (Lipinski definition) is 1. The minimum atomic E-state index is 0.286. The minimum absolute atomic E-state index is 0.286. The van der Waals surface area contributed by atoms with Gasteiger partial charge in [-0.15, -0.1) is 11.3 Å².